The number of nitrogens with one attached hydrogen (secondary N) is 1. The summed E-state index contributed by atoms with van der Waals surface area (Å²) in [5.74, 6) is -1.41. The third-order valence-corrected chi connectivity index (χ3v) is 5.56. The summed E-state index contributed by atoms with van der Waals surface area (Å²) in [6.07, 6.45) is -4.47. The van der Waals surface area contributed by atoms with E-state index in [1.165, 1.54) is 29.3 Å². The molecule has 0 saturated carbocycles. The van der Waals surface area contributed by atoms with Crippen LogP contribution < -0.4 is 5.32 Å². The normalized spacial score (nSPS) is 15.7. The number of carbonyl (C=O) groups excluding carboxylic acids is 1. The van der Waals surface area contributed by atoms with Gasteiger partial charge in [-0.15, -0.1) is 0 Å². The Hall–Kier alpha value is -3.85. The van der Waals surface area contributed by atoms with Gasteiger partial charge in [0.1, 0.15) is 0 Å². The van der Waals surface area contributed by atoms with Gasteiger partial charge >= 0.3 is 18.2 Å². The number of carboxylic acid groups (broad SMARTS) is 1. The maximum absolute atomic E-state index is 12.8. The highest BCUT2D eigenvalue weighted by Gasteiger charge is 2.33. The smallest absolute Gasteiger partial charge is 0.416 e. The number of halogens is 4. The molecule has 1 atom stereocenters. The minimum atomic E-state index is -4.47. The number of nitrogens with zero attached hydrogens (tertiary/aromatic N) is 2. The average molecular weight is 488 g/mol. The highest BCUT2D eigenvalue weighted by molar-refractivity contribution is 6.30. The van der Waals surface area contributed by atoms with E-state index < -0.39 is 23.7 Å². The van der Waals surface area contributed by atoms with Crippen molar-refractivity contribution in [2.45, 2.75) is 12.1 Å². The molecule has 0 aromatic heterocycles. The van der Waals surface area contributed by atoms with E-state index >= 15 is 0 Å². The van der Waals surface area contributed by atoms with Gasteiger partial charge in [0.2, 0.25) is 0 Å². The number of hydrogen-bond acceptors (Lipinski definition) is 3. The van der Waals surface area contributed by atoms with E-state index in [0.717, 1.165) is 23.3 Å². The molecule has 0 bridgehead atoms. The number of alkyl halides is 3. The fourth-order valence-corrected chi connectivity index (χ4v) is 3.69. The molecule has 3 aromatic carbocycles. The summed E-state index contributed by atoms with van der Waals surface area (Å²) in [4.78, 5) is 24.0. The van der Waals surface area contributed by atoms with Gasteiger partial charge in [-0.2, -0.15) is 18.3 Å². The number of benzene rings is 3. The number of hydrogen-bond donors (Lipinski definition) is 2. The largest absolute Gasteiger partial charge is 0.478 e. The summed E-state index contributed by atoms with van der Waals surface area (Å²) in [6, 6.07) is 16.7. The van der Waals surface area contributed by atoms with Crippen LogP contribution in [0.4, 0.5) is 23.7 Å². The third kappa shape index (κ3) is 5.04. The number of aromatic carboxylic acids is 1. The Labute approximate surface area is 197 Å². The molecule has 0 radical (unpaired) electrons. The fraction of sp³-hybridized carbons (Fsp3) is 0.125. The van der Waals surface area contributed by atoms with Crippen LogP contribution in [0.2, 0.25) is 5.02 Å². The predicted molar refractivity (Wildman–Crippen MR) is 121 cm³/mol. The lowest BCUT2D eigenvalue weighted by atomic mass is 9.90. The van der Waals surface area contributed by atoms with Gasteiger partial charge in [0.25, 0.3) is 0 Å². The molecule has 0 saturated heterocycles. The van der Waals surface area contributed by atoms with Crippen LogP contribution in [0.15, 0.2) is 77.9 Å². The first-order chi connectivity index (χ1) is 16.1. The molecule has 4 rings (SSSR count). The summed E-state index contributed by atoms with van der Waals surface area (Å²) in [7, 11) is 0. The molecule has 0 aliphatic carbocycles. The van der Waals surface area contributed by atoms with Crippen molar-refractivity contribution < 1.29 is 27.9 Å². The van der Waals surface area contributed by atoms with Crippen molar-refractivity contribution in [1.29, 1.82) is 0 Å². The lowest BCUT2D eigenvalue weighted by molar-refractivity contribution is -0.137. The summed E-state index contributed by atoms with van der Waals surface area (Å²) < 4.78 is 38.3. The molecular formula is C24H17ClF3N3O3. The molecule has 2 N–H and O–H groups in total. The minimum absolute atomic E-state index is 0.128. The first-order valence-electron chi connectivity index (χ1n) is 10.1. The van der Waals surface area contributed by atoms with E-state index in [9.17, 15) is 22.8 Å². The molecule has 6 nitrogen and oxygen atoms in total. The molecule has 0 fully saturated rings. The van der Waals surface area contributed by atoms with E-state index in [-0.39, 0.29) is 23.7 Å². The van der Waals surface area contributed by atoms with Crippen molar-refractivity contribution in [2.24, 2.45) is 5.10 Å². The monoisotopic (exact) mass is 487 g/mol. The first kappa shape index (κ1) is 23.3. The van der Waals surface area contributed by atoms with Gasteiger partial charge in [0, 0.05) is 16.6 Å². The molecule has 174 valence electrons. The zero-order valence-corrected chi connectivity index (χ0v) is 18.1. The highest BCUT2D eigenvalue weighted by atomic mass is 35.5. The molecule has 1 unspecified atom stereocenters. The lowest BCUT2D eigenvalue weighted by Gasteiger charge is -2.16. The Balaban J connectivity index is 1.59. The number of amides is 2. The van der Waals surface area contributed by atoms with Gasteiger partial charge in [-0.1, -0.05) is 35.9 Å². The molecule has 1 heterocycles. The standard InChI is InChI=1S/C24H17ClF3N3O3/c25-18-9-5-15(6-10-18)21-20(14-1-3-16(4-2-14)22(32)33)13-31(30-21)23(34)29-19-11-7-17(8-12-19)24(26,27)28/h1-12,20H,13H2,(H,29,34)(H,32,33). The van der Waals surface area contributed by atoms with Crippen LogP contribution in [0.3, 0.4) is 0 Å². The number of urea groups is 1. The van der Waals surface area contributed by atoms with Crippen LogP contribution >= 0.6 is 11.6 Å². The van der Waals surface area contributed by atoms with Crippen LogP contribution in [0.25, 0.3) is 0 Å². The predicted octanol–water partition coefficient (Wildman–Crippen LogP) is 6.09. The average Bonchev–Trinajstić information content (AvgIpc) is 3.25. The molecule has 10 heteroatoms. The first-order valence-corrected chi connectivity index (χ1v) is 10.4. The van der Waals surface area contributed by atoms with E-state index in [2.05, 4.69) is 10.4 Å². The SMILES string of the molecule is O=C(O)c1ccc(C2CN(C(=O)Nc3ccc(C(F)(F)F)cc3)N=C2c2ccc(Cl)cc2)cc1. The van der Waals surface area contributed by atoms with E-state index in [0.29, 0.717) is 10.7 Å². The van der Waals surface area contributed by atoms with Gasteiger partial charge < -0.3 is 10.4 Å². The van der Waals surface area contributed by atoms with Crippen LogP contribution in [0.1, 0.15) is 33.0 Å². The Morgan fingerprint density at radius 2 is 1.59 bits per heavy atom. The van der Waals surface area contributed by atoms with Crippen molar-refractivity contribution in [3.05, 3.63) is 100 Å². The summed E-state index contributed by atoms with van der Waals surface area (Å²) in [5, 5.41) is 17.9. The Morgan fingerprint density at radius 3 is 2.15 bits per heavy atom. The second kappa shape index (κ2) is 9.18. The topological polar surface area (TPSA) is 82.0 Å². The zero-order valence-electron chi connectivity index (χ0n) is 17.4. The fourth-order valence-electron chi connectivity index (χ4n) is 3.56. The maximum atomic E-state index is 12.8. The molecular weight excluding hydrogens is 471 g/mol. The van der Waals surface area contributed by atoms with Crippen molar-refractivity contribution in [2.75, 3.05) is 11.9 Å². The number of hydrazone groups is 1. The Kier molecular flexibility index (Phi) is 6.30. The van der Waals surface area contributed by atoms with Crippen LogP contribution in [-0.4, -0.2) is 34.4 Å². The van der Waals surface area contributed by atoms with Crippen molar-refractivity contribution >= 4 is 35.0 Å². The number of anilines is 1. The Morgan fingerprint density at radius 1 is 0.971 bits per heavy atom. The van der Waals surface area contributed by atoms with Gasteiger partial charge in [0.15, 0.2) is 0 Å². The van der Waals surface area contributed by atoms with Gasteiger partial charge in [-0.05, 0) is 59.7 Å². The lowest BCUT2D eigenvalue weighted by Crippen LogP contribution is -2.30. The van der Waals surface area contributed by atoms with Crippen molar-refractivity contribution in [1.82, 2.24) is 5.01 Å². The van der Waals surface area contributed by atoms with Crippen LogP contribution in [-0.2, 0) is 6.18 Å². The molecule has 1 aliphatic rings. The third-order valence-electron chi connectivity index (χ3n) is 5.31. The second-order valence-corrected chi connectivity index (χ2v) is 8.00. The highest BCUT2D eigenvalue weighted by Crippen LogP contribution is 2.32. The van der Waals surface area contributed by atoms with Gasteiger partial charge in [-0.25, -0.2) is 14.6 Å². The molecule has 34 heavy (non-hydrogen) atoms. The van der Waals surface area contributed by atoms with Crippen molar-refractivity contribution in [3.63, 3.8) is 0 Å². The minimum Gasteiger partial charge on any atom is -0.478 e. The molecule has 2 amide bonds. The Bertz CT molecular complexity index is 1240. The zero-order chi connectivity index (χ0) is 24.5. The molecule has 3 aromatic rings. The number of rotatable bonds is 4. The van der Waals surface area contributed by atoms with Gasteiger partial charge in [0.05, 0.1) is 23.4 Å². The molecule has 0 spiro atoms. The van der Waals surface area contributed by atoms with E-state index in [4.69, 9.17) is 16.7 Å². The molecule has 1 aliphatic heterocycles. The van der Waals surface area contributed by atoms with Gasteiger partial charge in [-0.3, -0.25) is 0 Å². The van der Waals surface area contributed by atoms with Crippen LogP contribution in [0.5, 0.6) is 0 Å². The van der Waals surface area contributed by atoms with E-state index in [1.807, 2.05) is 0 Å². The number of carbonyl (C=O) groups is 2. The summed E-state index contributed by atoms with van der Waals surface area (Å²) in [5.41, 5.74) is 1.55. The van der Waals surface area contributed by atoms with Crippen molar-refractivity contribution in [3.8, 4) is 0 Å². The van der Waals surface area contributed by atoms with E-state index in [1.54, 1.807) is 36.4 Å². The quantitative estimate of drug-likeness (QED) is 0.467. The summed E-state index contributed by atoms with van der Waals surface area (Å²) in [6.45, 7) is 0.150. The number of carboxylic acids is 1. The maximum Gasteiger partial charge on any atom is 0.416 e. The summed E-state index contributed by atoms with van der Waals surface area (Å²) >= 11 is 5.99. The second-order valence-electron chi connectivity index (χ2n) is 7.56. The van der Waals surface area contributed by atoms with Crippen LogP contribution in [0, 0.1) is 0 Å².